The Labute approximate surface area is 165 Å². The van der Waals surface area contributed by atoms with Crippen molar-refractivity contribution in [2.75, 3.05) is 11.9 Å². The van der Waals surface area contributed by atoms with Gasteiger partial charge in [-0.1, -0.05) is 35.3 Å². The van der Waals surface area contributed by atoms with Gasteiger partial charge < -0.3 is 11.1 Å². The molecule has 0 aliphatic heterocycles. The van der Waals surface area contributed by atoms with Gasteiger partial charge >= 0.3 is 0 Å². The fraction of sp³-hybridized carbons (Fsp3) is 0.125. The molecule has 2 aromatic rings. The van der Waals surface area contributed by atoms with Crippen LogP contribution in [0.15, 0.2) is 41.5 Å². The second-order valence-corrected chi connectivity index (χ2v) is 6.46. The first-order valence-corrected chi connectivity index (χ1v) is 8.58. The first-order chi connectivity index (χ1) is 12.4. The molecular formula is C16H15Cl2N5O2S. The third kappa shape index (κ3) is 5.83. The maximum absolute atomic E-state index is 11.3. The molecule has 0 aromatic heterocycles. The summed E-state index contributed by atoms with van der Waals surface area (Å²) < 4.78 is 0. The molecule has 0 heterocycles. The number of nitrogens with one attached hydrogen (secondary N) is 2. The normalized spacial score (nSPS) is 10.7. The number of anilines is 1. The quantitative estimate of drug-likeness (QED) is 0.277. The summed E-state index contributed by atoms with van der Waals surface area (Å²) in [5.74, 6) is 0. The van der Waals surface area contributed by atoms with Crippen LogP contribution in [-0.2, 0) is 6.42 Å². The fourth-order valence-electron chi connectivity index (χ4n) is 2.16. The predicted molar refractivity (Wildman–Crippen MR) is 109 cm³/mol. The van der Waals surface area contributed by atoms with Crippen LogP contribution >= 0.6 is 35.4 Å². The lowest BCUT2D eigenvalue weighted by Gasteiger charge is -2.09. The highest BCUT2D eigenvalue weighted by Crippen LogP contribution is 2.26. The Hall–Kier alpha value is -2.42. The number of benzene rings is 2. The maximum Gasteiger partial charge on any atom is 0.292 e. The van der Waals surface area contributed by atoms with Crippen molar-refractivity contribution >= 4 is 58.1 Å². The number of nitro groups is 1. The van der Waals surface area contributed by atoms with Gasteiger partial charge in [0.25, 0.3) is 5.69 Å². The lowest BCUT2D eigenvalue weighted by molar-refractivity contribution is -0.384. The van der Waals surface area contributed by atoms with Crippen LogP contribution in [0.25, 0.3) is 0 Å². The lowest BCUT2D eigenvalue weighted by atomic mass is 10.1. The zero-order valence-corrected chi connectivity index (χ0v) is 15.7. The number of nitrogens with two attached hydrogens (primary N) is 1. The van der Waals surface area contributed by atoms with Crippen molar-refractivity contribution in [2.24, 2.45) is 10.8 Å². The average Bonchev–Trinajstić information content (AvgIpc) is 2.57. The fourth-order valence-corrected chi connectivity index (χ4v) is 2.71. The van der Waals surface area contributed by atoms with E-state index >= 15 is 0 Å². The summed E-state index contributed by atoms with van der Waals surface area (Å²) in [6, 6.07) is 9.95. The SMILES string of the molecule is NC(=S)NN=Cc1ccc(NCCc2ccc(Cl)cc2Cl)c([N+](=O)[O-])c1. The molecule has 4 N–H and O–H groups in total. The Morgan fingerprint density at radius 3 is 2.73 bits per heavy atom. The van der Waals surface area contributed by atoms with E-state index in [2.05, 4.69) is 28.1 Å². The molecule has 0 saturated carbocycles. The van der Waals surface area contributed by atoms with Crippen LogP contribution in [-0.4, -0.2) is 22.8 Å². The van der Waals surface area contributed by atoms with Gasteiger partial charge in [0.15, 0.2) is 5.11 Å². The number of rotatable bonds is 7. The van der Waals surface area contributed by atoms with Crippen LogP contribution < -0.4 is 16.5 Å². The average molecular weight is 412 g/mol. The summed E-state index contributed by atoms with van der Waals surface area (Å²) >= 11 is 16.6. The first kappa shape index (κ1) is 19.9. The van der Waals surface area contributed by atoms with E-state index in [1.165, 1.54) is 12.3 Å². The predicted octanol–water partition coefficient (Wildman–Crippen LogP) is 3.72. The van der Waals surface area contributed by atoms with Crippen molar-refractivity contribution in [1.29, 1.82) is 0 Å². The number of nitrogens with zero attached hydrogens (tertiary/aromatic N) is 2. The van der Waals surface area contributed by atoms with Gasteiger partial charge in [-0.15, -0.1) is 0 Å². The molecule has 0 saturated heterocycles. The minimum absolute atomic E-state index is 0.00916. The molecule has 2 rings (SSSR count). The second kappa shape index (κ2) is 9.33. The molecule has 26 heavy (non-hydrogen) atoms. The van der Waals surface area contributed by atoms with Crippen LogP contribution in [0.2, 0.25) is 10.0 Å². The van der Waals surface area contributed by atoms with Crippen molar-refractivity contribution in [3.05, 3.63) is 67.7 Å². The van der Waals surface area contributed by atoms with Gasteiger partial charge in [-0.2, -0.15) is 5.10 Å². The van der Waals surface area contributed by atoms with Crippen LogP contribution in [0.3, 0.4) is 0 Å². The van der Waals surface area contributed by atoms with Crippen molar-refractivity contribution in [1.82, 2.24) is 5.43 Å². The van der Waals surface area contributed by atoms with Crippen LogP contribution in [0.5, 0.6) is 0 Å². The van der Waals surface area contributed by atoms with Crippen molar-refractivity contribution in [2.45, 2.75) is 6.42 Å². The maximum atomic E-state index is 11.3. The molecule has 0 amide bonds. The third-order valence-corrected chi connectivity index (χ3v) is 4.01. The van der Waals surface area contributed by atoms with E-state index in [4.69, 9.17) is 28.9 Å². The Balaban J connectivity index is 2.07. The Morgan fingerprint density at radius 2 is 2.08 bits per heavy atom. The van der Waals surface area contributed by atoms with E-state index in [1.54, 1.807) is 24.3 Å². The zero-order chi connectivity index (χ0) is 19.1. The monoisotopic (exact) mass is 411 g/mol. The van der Waals surface area contributed by atoms with Crippen LogP contribution in [0.1, 0.15) is 11.1 Å². The molecule has 0 atom stereocenters. The summed E-state index contributed by atoms with van der Waals surface area (Å²) in [7, 11) is 0. The van der Waals surface area contributed by atoms with E-state index in [-0.39, 0.29) is 10.8 Å². The van der Waals surface area contributed by atoms with Crippen molar-refractivity contribution in [3.63, 3.8) is 0 Å². The van der Waals surface area contributed by atoms with Crippen LogP contribution in [0, 0.1) is 10.1 Å². The highest BCUT2D eigenvalue weighted by Gasteiger charge is 2.14. The third-order valence-electron chi connectivity index (χ3n) is 3.33. The molecule has 0 spiro atoms. The van der Waals surface area contributed by atoms with Gasteiger partial charge in [-0.05, 0) is 42.4 Å². The summed E-state index contributed by atoms with van der Waals surface area (Å²) in [6.07, 6.45) is 1.98. The van der Waals surface area contributed by atoms with Crippen molar-refractivity contribution < 1.29 is 4.92 Å². The number of hydrazone groups is 1. The zero-order valence-electron chi connectivity index (χ0n) is 13.4. The highest BCUT2D eigenvalue weighted by molar-refractivity contribution is 7.80. The molecule has 7 nitrogen and oxygen atoms in total. The summed E-state index contributed by atoms with van der Waals surface area (Å²) in [6.45, 7) is 0.471. The summed E-state index contributed by atoms with van der Waals surface area (Å²) in [5.41, 5.74) is 9.42. The van der Waals surface area contributed by atoms with E-state index < -0.39 is 4.92 Å². The molecule has 0 aliphatic carbocycles. The summed E-state index contributed by atoms with van der Waals surface area (Å²) in [5, 5.41) is 19.3. The first-order valence-electron chi connectivity index (χ1n) is 7.41. The molecule has 0 bridgehead atoms. The molecule has 0 unspecified atom stereocenters. The van der Waals surface area contributed by atoms with E-state index in [0.717, 1.165) is 5.56 Å². The Kier molecular flexibility index (Phi) is 7.14. The molecule has 0 aliphatic rings. The van der Waals surface area contributed by atoms with Gasteiger partial charge in [0.2, 0.25) is 0 Å². The topological polar surface area (TPSA) is 106 Å². The molecule has 136 valence electrons. The van der Waals surface area contributed by atoms with E-state index in [9.17, 15) is 10.1 Å². The number of hydrogen-bond acceptors (Lipinski definition) is 5. The van der Waals surface area contributed by atoms with Crippen LogP contribution in [0.4, 0.5) is 11.4 Å². The molecule has 2 aromatic carbocycles. The second-order valence-electron chi connectivity index (χ2n) is 5.18. The van der Waals surface area contributed by atoms with Gasteiger partial charge in [0.1, 0.15) is 5.69 Å². The standard InChI is InChI=1S/C16H15Cl2N5O2S/c17-12-3-2-11(13(18)8-12)5-6-20-14-4-1-10(7-15(14)23(24)25)9-21-22-16(19)26/h1-4,7-9,20H,5-6H2,(H3,19,22,26). The Morgan fingerprint density at radius 1 is 1.31 bits per heavy atom. The smallest absolute Gasteiger partial charge is 0.292 e. The van der Waals surface area contributed by atoms with E-state index in [0.29, 0.717) is 34.3 Å². The van der Waals surface area contributed by atoms with Gasteiger partial charge in [-0.25, -0.2) is 0 Å². The van der Waals surface area contributed by atoms with Crippen molar-refractivity contribution in [3.8, 4) is 0 Å². The lowest BCUT2D eigenvalue weighted by Crippen LogP contribution is -2.23. The highest BCUT2D eigenvalue weighted by atomic mass is 35.5. The van der Waals surface area contributed by atoms with Gasteiger partial charge in [-0.3, -0.25) is 15.5 Å². The molecule has 10 heteroatoms. The largest absolute Gasteiger partial charge is 0.379 e. The molecular weight excluding hydrogens is 397 g/mol. The minimum atomic E-state index is -0.462. The van der Waals surface area contributed by atoms with E-state index in [1.807, 2.05) is 6.07 Å². The van der Waals surface area contributed by atoms with Gasteiger partial charge in [0, 0.05) is 28.2 Å². The number of thiocarbonyl (C=S) groups is 1. The number of hydrogen-bond donors (Lipinski definition) is 3. The minimum Gasteiger partial charge on any atom is -0.379 e. The number of halogens is 2. The van der Waals surface area contributed by atoms with Gasteiger partial charge in [0.05, 0.1) is 11.1 Å². The Bertz CT molecular complexity index is 861. The molecule has 0 radical (unpaired) electrons. The molecule has 0 fully saturated rings. The summed E-state index contributed by atoms with van der Waals surface area (Å²) in [4.78, 5) is 10.8. The number of nitro benzene ring substituents is 1.